The molecule has 6 nitrogen and oxygen atoms in total. The second-order valence-corrected chi connectivity index (χ2v) is 8.29. The van der Waals surface area contributed by atoms with Crippen molar-refractivity contribution in [2.24, 2.45) is 0 Å². The quantitative estimate of drug-likeness (QED) is 0.246. The molecule has 0 unspecified atom stereocenters. The largest absolute Gasteiger partial charge is 0.357 e. The van der Waals surface area contributed by atoms with Gasteiger partial charge in [0.25, 0.3) is 0 Å². The lowest BCUT2D eigenvalue weighted by Gasteiger charge is -2.10. The molecule has 0 spiro atoms. The van der Waals surface area contributed by atoms with Gasteiger partial charge in [0.15, 0.2) is 5.78 Å². The topological polar surface area (TPSA) is 89.8 Å². The molecule has 0 aliphatic rings. The van der Waals surface area contributed by atoms with Crippen molar-refractivity contribution >= 4 is 51.3 Å². The number of carbonyl (C=O) groups is 2. The summed E-state index contributed by atoms with van der Waals surface area (Å²) in [6, 6.07) is 13.2. The fraction of sp³-hybridized carbons (Fsp3) is 0.200. The number of nitrogens with one attached hydrogen (secondary N) is 4. The van der Waals surface area contributed by atoms with Gasteiger partial charge in [-0.2, -0.15) is 0 Å². The number of hydrogen-bond donors (Lipinski definition) is 4. The van der Waals surface area contributed by atoms with Gasteiger partial charge < -0.3 is 20.6 Å². The number of H-pyrrole nitrogens is 2. The maximum Gasteiger partial charge on any atom is 0.224 e. The summed E-state index contributed by atoms with van der Waals surface area (Å²) in [4.78, 5) is 31.0. The number of amides is 1. The van der Waals surface area contributed by atoms with Gasteiger partial charge in [-0.1, -0.05) is 18.5 Å². The molecule has 0 bridgehead atoms. The van der Waals surface area contributed by atoms with Crippen molar-refractivity contribution < 1.29 is 9.59 Å². The standard InChI is InChI=1S/C25H25ClN4O2/c1-5-21(32)28-18-10-11-20-19(12-18)24(29-17-8-6-16(26)7-9-17)25(30-20)23-13(2)22(15(4)31)14(3)27-23/h6-12,27,29-30H,5H2,1-4H3,(H,28,32). The summed E-state index contributed by atoms with van der Waals surface area (Å²) in [6.07, 6.45) is 0.404. The van der Waals surface area contributed by atoms with Gasteiger partial charge in [-0.25, -0.2) is 0 Å². The Kier molecular flexibility index (Phi) is 5.80. The summed E-state index contributed by atoms with van der Waals surface area (Å²) in [5.41, 5.74) is 7.44. The number of ketones is 1. The Hall–Kier alpha value is -3.51. The highest BCUT2D eigenvalue weighted by molar-refractivity contribution is 6.30. The Morgan fingerprint density at radius 1 is 0.969 bits per heavy atom. The molecule has 0 atom stereocenters. The second-order valence-electron chi connectivity index (χ2n) is 7.85. The number of anilines is 3. The van der Waals surface area contributed by atoms with Crippen molar-refractivity contribution in [3.63, 3.8) is 0 Å². The molecule has 7 heteroatoms. The Morgan fingerprint density at radius 3 is 2.28 bits per heavy atom. The van der Waals surface area contributed by atoms with E-state index in [0.29, 0.717) is 17.0 Å². The van der Waals surface area contributed by atoms with Gasteiger partial charge in [0.2, 0.25) is 5.91 Å². The number of fused-ring (bicyclic) bond motifs is 1. The molecule has 0 radical (unpaired) electrons. The average Bonchev–Trinajstić information content (AvgIpc) is 3.25. The zero-order valence-electron chi connectivity index (χ0n) is 18.4. The first-order valence-corrected chi connectivity index (χ1v) is 10.8. The molecule has 164 valence electrons. The number of aromatic amines is 2. The monoisotopic (exact) mass is 448 g/mol. The molecule has 2 aromatic carbocycles. The van der Waals surface area contributed by atoms with E-state index in [1.807, 2.05) is 63.2 Å². The molecule has 1 amide bonds. The van der Waals surface area contributed by atoms with E-state index in [1.165, 1.54) is 0 Å². The van der Waals surface area contributed by atoms with Crippen molar-refractivity contribution in [1.82, 2.24) is 9.97 Å². The molecule has 0 saturated carbocycles. The van der Waals surface area contributed by atoms with Gasteiger partial charge in [-0.15, -0.1) is 0 Å². The molecule has 4 aromatic rings. The summed E-state index contributed by atoms with van der Waals surface area (Å²) in [6.45, 7) is 7.24. The van der Waals surface area contributed by atoms with Crippen LogP contribution in [0, 0.1) is 13.8 Å². The summed E-state index contributed by atoms with van der Waals surface area (Å²) in [5.74, 6) is -0.0235. The number of Topliss-reactive ketones (excluding diaryl/α,β-unsaturated/α-hetero) is 1. The van der Waals surface area contributed by atoms with Crippen LogP contribution in [-0.4, -0.2) is 21.7 Å². The fourth-order valence-electron chi connectivity index (χ4n) is 4.04. The first kappa shape index (κ1) is 21.7. The number of aromatic nitrogens is 2. The van der Waals surface area contributed by atoms with Crippen LogP contribution in [-0.2, 0) is 4.79 Å². The lowest BCUT2D eigenvalue weighted by atomic mass is 10.0. The smallest absolute Gasteiger partial charge is 0.224 e. The van der Waals surface area contributed by atoms with Gasteiger partial charge in [0.05, 0.1) is 17.1 Å². The van der Waals surface area contributed by atoms with Crippen LogP contribution in [0.1, 0.15) is 41.9 Å². The van der Waals surface area contributed by atoms with Crippen LogP contribution in [0.3, 0.4) is 0 Å². The maximum absolute atomic E-state index is 12.2. The molecule has 0 saturated heterocycles. The van der Waals surface area contributed by atoms with Crippen LogP contribution >= 0.6 is 11.6 Å². The minimum Gasteiger partial charge on any atom is -0.357 e. The van der Waals surface area contributed by atoms with Crippen LogP contribution in [0.15, 0.2) is 42.5 Å². The van der Waals surface area contributed by atoms with Crippen LogP contribution in [0.2, 0.25) is 5.02 Å². The summed E-state index contributed by atoms with van der Waals surface area (Å²) >= 11 is 6.06. The minimum absolute atomic E-state index is 0.0235. The highest BCUT2D eigenvalue weighted by Crippen LogP contribution is 2.40. The average molecular weight is 449 g/mol. The van der Waals surface area contributed by atoms with Crippen molar-refractivity contribution in [3.8, 4) is 11.4 Å². The number of benzene rings is 2. The Bertz CT molecular complexity index is 1330. The molecule has 4 N–H and O–H groups in total. The first-order valence-electron chi connectivity index (χ1n) is 10.5. The highest BCUT2D eigenvalue weighted by Gasteiger charge is 2.22. The normalized spacial score (nSPS) is 11.0. The molecule has 0 aliphatic carbocycles. The van der Waals surface area contributed by atoms with E-state index in [1.54, 1.807) is 6.92 Å². The molecular formula is C25H25ClN4O2. The third kappa shape index (κ3) is 4.01. The second kappa shape index (κ2) is 8.55. The fourth-order valence-corrected chi connectivity index (χ4v) is 4.17. The van der Waals surface area contributed by atoms with Crippen molar-refractivity contribution in [2.75, 3.05) is 10.6 Å². The molecule has 2 heterocycles. The van der Waals surface area contributed by atoms with E-state index in [9.17, 15) is 9.59 Å². The Morgan fingerprint density at radius 2 is 1.66 bits per heavy atom. The number of rotatable bonds is 6. The van der Waals surface area contributed by atoms with Crippen LogP contribution in [0.4, 0.5) is 17.1 Å². The highest BCUT2D eigenvalue weighted by atomic mass is 35.5. The molecule has 2 aromatic heterocycles. The van der Waals surface area contributed by atoms with Gasteiger partial charge in [0.1, 0.15) is 0 Å². The molecule has 0 fully saturated rings. The van der Waals surface area contributed by atoms with Gasteiger partial charge >= 0.3 is 0 Å². The maximum atomic E-state index is 12.2. The van der Waals surface area contributed by atoms with E-state index in [4.69, 9.17) is 11.6 Å². The third-order valence-electron chi connectivity index (χ3n) is 5.56. The molecular weight excluding hydrogens is 424 g/mol. The zero-order chi connectivity index (χ0) is 23.0. The SMILES string of the molecule is CCC(=O)Nc1ccc2[nH]c(-c3[nH]c(C)c(C(C)=O)c3C)c(Nc3ccc(Cl)cc3)c2c1. The molecule has 0 aliphatic heterocycles. The van der Waals surface area contributed by atoms with Gasteiger partial charge in [0, 0.05) is 45.0 Å². The van der Waals surface area contributed by atoms with Crippen molar-refractivity contribution in [1.29, 1.82) is 0 Å². The predicted octanol–water partition coefficient (Wildman–Crippen LogP) is 6.73. The van der Waals surface area contributed by atoms with Crippen LogP contribution in [0.5, 0.6) is 0 Å². The van der Waals surface area contributed by atoms with Crippen LogP contribution in [0.25, 0.3) is 22.3 Å². The van der Waals surface area contributed by atoms with E-state index in [0.717, 1.165) is 50.6 Å². The lowest BCUT2D eigenvalue weighted by Crippen LogP contribution is -2.09. The van der Waals surface area contributed by atoms with E-state index >= 15 is 0 Å². The summed E-state index contributed by atoms with van der Waals surface area (Å²) in [7, 11) is 0. The van der Waals surface area contributed by atoms with Gasteiger partial charge in [-0.3, -0.25) is 9.59 Å². The van der Waals surface area contributed by atoms with Gasteiger partial charge in [-0.05, 0) is 68.8 Å². The number of carbonyl (C=O) groups excluding carboxylic acids is 2. The third-order valence-corrected chi connectivity index (χ3v) is 5.81. The lowest BCUT2D eigenvalue weighted by molar-refractivity contribution is -0.115. The molecule has 4 rings (SSSR count). The van der Waals surface area contributed by atoms with Crippen molar-refractivity contribution in [3.05, 3.63) is 64.3 Å². The van der Waals surface area contributed by atoms with Crippen molar-refractivity contribution in [2.45, 2.75) is 34.1 Å². The molecule has 32 heavy (non-hydrogen) atoms. The predicted molar refractivity (Wildman–Crippen MR) is 131 cm³/mol. The first-order chi connectivity index (χ1) is 15.3. The van der Waals surface area contributed by atoms with E-state index < -0.39 is 0 Å². The zero-order valence-corrected chi connectivity index (χ0v) is 19.2. The summed E-state index contributed by atoms with van der Waals surface area (Å²) < 4.78 is 0. The Labute approximate surface area is 191 Å². The number of aryl methyl sites for hydroxylation is 1. The van der Waals surface area contributed by atoms with E-state index in [2.05, 4.69) is 20.6 Å². The summed E-state index contributed by atoms with van der Waals surface area (Å²) in [5, 5.41) is 7.98. The van der Waals surface area contributed by atoms with Crippen LogP contribution < -0.4 is 10.6 Å². The minimum atomic E-state index is -0.0470. The number of hydrogen-bond acceptors (Lipinski definition) is 3. The number of halogens is 1. The van der Waals surface area contributed by atoms with E-state index in [-0.39, 0.29) is 11.7 Å². The Balaban J connectivity index is 1.91.